The average molecular weight is 105 g/mol. The first-order valence-corrected chi connectivity index (χ1v) is 2.40. The lowest BCUT2D eigenvalue weighted by atomic mass is 11.1. The lowest BCUT2D eigenvalue weighted by Gasteiger charge is -1.94. The molecule has 0 aliphatic carbocycles. The van der Waals surface area contributed by atoms with Gasteiger partial charge in [-0.2, -0.15) is 9.05 Å². The molecule has 0 N–H and O–H groups in total. The zero-order chi connectivity index (χ0) is 4.57. The third kappa shape index (κ3) is 0.370. The van der Waals surface area contributed by atoms with Crippen molar-refractivity contribution in [3.05, 3.63) is 12.5 Å². The van der Waals surface area contributed by atoms with Gasteiger partial charge in [0.05, 0.1) is 0 Å². The van der Waals surface area contributed by atoms with Crippen molar-refractivity contribution in [2.75, 3.05) is 0 Å². The molecule has 1 saturated heterocycles. The van der Waals surface area contributed by atoms with Crippen LogP contribution in [0.4, 0.5) is 0 Å². The van der Waals surface area contributed by atoms with Crippen LogP contribution in [0, 0.1) is 0 Å². The van der Waals surface area contributed by atoms with Crippen molar-refractivity contribution in [1.82, 2.24) is 0 Å². The molecule has 3 nitrogen and oxygen atoms in total. The zero-order valence-electron chi connectivity index (χ0n) is 2.88. The van der Waals surface area contributed by atoms with Gasteiger partial charge in [-0.3, -0.25) is 0 Å². The van der Waals surface area contributed by atoms with E-state index >= 15 is 0 Å². The Morgan fingerprint density at radius 1 is 1.67 bits per heavy atom. The molecular weight excluding hydrogens is 103 g/mol. The van der Waals surface area contributed by atoms with Crippen molar-refractivity contribution in [3.63, 3.8) is 0 Å². The van der Waals surface area contributed by atoms with Gasteiger partial charge >= 0.3 is 14.2 Å². The van der Waals surface area contributed by atoms with E-state index in [0.717, 1.165) is 0 Å². The molecule has 0 bridgehead atoms. The topological polar surface area (TPSA) is 35.5 Å². The second-order valence-electron chi connectivity index (χ2n) is 0.778. The molecule has 0 atom stereocenters. The quantitative estimate of drug-likeness (QED) is 0.433. The Hall–Kier alpha value is -0.560. The maximum absolute atomic E-state index is 9.75. The van der Waals surface area contributed by atoms with Crippen LogP contribution in [-0.4, -0.2) is 0 Å². The van der Waals surface area contributed by atoms with E-state index in [-0.39, 0.29) is 5.95 Å². The Morgan fingerprint density at radius 2 is 2.17 bits per heavy atom. The second kappa shape index (κ2) is 0.949. The summed E-state index contributed by atoms with van der Waals surface area (Å²) in [5.74, 6) is 0.149. The number of hydrogen-bond acceptors (Lipinski definition) is 3. The van der Waals surface area contributed by atoms with Crippen LogP contribution in [0.5, 0.6) is 0 Å². The van der Waals surface area contributed by atoms with Gasteiger partial charge in [-0.25, -0.2) is 0 Å². The summed E-state index contributed by atoms with van der Waals surface area (Å²) in [5, 5.41) is 0. The Kier molecular flexibility index (Phi) is 0.573. The molecule has 0 aromatic carbocycles. The standard InChI is InChI=1S/C2H2O3P/c1-2-4-6(3)5-2/h1H2/q+1. The molecule has 0 aromatic rings. The van der Waals surface area contributed by atoms with Gasteiger partial charge in [0.2, 0.25) is 0 Å². The van der Waals surface area contributed by atoms with Crippen LogP contribution in [0.2, 0.25) is 0 Å². The summed E-state index contributed by atoms with van der Waals surface area (Å²) in [6.45, 7) is 3.18. The first-order chi connectivity index (χ1) is 2.79. The van der Waals surface area contributed by atoms with Gasteiger partial charge in [0.25, 0.3) is 0 Å². The minimum Gasteiger partial charge on any atom is -0.177 e. The third-order valence-electron chi connectivity index (χ3n) is 0.353. The monoisotopic (exact) mass is 105 g/mol. The van der Waals surface area contributed by atoms with E-state index in [9.17, 15) is 4.57 Å². The van der Waals surface area contributed by atoms with Crippen molar-refractivity contribution in [2.45, 2.75) is 0 Å². The molecule has 1 heterocycles. The van der Waals surface area contributed by atoms with E-state index in [1.807, 2.05) is 0 Å². The van der Waals surface area contributed by atoms with Gasteiger partial charge in [0, 0.05) is 4.57 Å². The van der Waals surface area contributed by atoms with Gasteiger partial charge in [0.1, 0.15) is 0 Å². The maximum Gasteiger partial charge on any atom is 0.812 e. The summed E-state index contributed by atoms with van der Waals surface area (Å²) in [4.78, 5) is 0. The summed E-state index contributed by atoms with van der Waals surface area (Å²) in [6.07, 6.45) is 0. The molecule has 1 aliphatic rings. The summed E-state index contributed by atoms with van der Waals surface area (Å²) >= 11 is 0. The molecule has 0 unspecified atom stereocenters. The fourth-order valence-electron chi connectivity index (χ4n) is 0.173. The van der Waals surface area contributed by atoms with Crippen LogP contribution in [-0.2, 0) is 13.6 Å². The van der Waals surface area contributed by atoms with Crippen molar-refractivity contribution >= 4 is 8.25 Å². The van der Waals surface area contributed by atoms with Crippen LogP contribution in [0.25, 0.3) is 0 Å². The molecule has 0 saturated carbocycles. The van der Waals surface area contributed by atoms with E-state index in [4.69, 9.17) is 0 Å². The SMILES string of the molecule is C=C1O[P+](=O)O1. The molecule has 0 amide bonds. The Morgan fingerprint density at radius 3 is 2.17 bits per heavy atom. The van der Waals surface area contributed by atoms with Gasteiger partial charge in [0.15, 0.2) is 0 Å². The molecule has 4 heteroatoms. The van der Waals surface area contributed by atoms with E-state index < -0.39 is 8.25 Å². The fourth-order valence-corrected chi connectivity index (χ4v) is 0.519. The number of hydrogen-bond donors (Lipinski definition) is 0. The van der Waals surface area contributed by atoms with Crippen LogP contribution in [0.3, 0.4) is 0 Å². The molecule has 1 aliphatic heterocycles. The summed E-state index contributed by atoms with van der Waals surface area (Å²) in [6, 6.07) is 0. The zero-order valence-corrected chi connectivity index (χ0v) is 3.77. The molecule has 0 spiro atoms. The van der Waals surface area contributed by atoms with E-state index in [2.05, 4.69) is 15.6 Å². The Labute approximate surface area is 35.5 Å². The summed E-state index contributed by atoms with van der Waals surface area (Å²) in [7, 11) is -1.81. The minimum atomic E-state index is -1.81. The van der Waals surface area contributed by atoms with E-state index in [1.54, 1.807) is 0 Å². The summed E-state index contributed by atoms with van der Waals surface area (Å²) in [5.41, 5.74) is 0. The van der Waals surface area contributed by atoms with Gasteiger partial charge in [-0.15, -0.1) is 0 Å². The van der Waals surface area contributed by atoms with Crippen LogP contribution < -0.4 is 0 Å². The van der Waals surface area contributed by atoms with Crippen molar-refractivity contribution in [3.8, 4) is 0 Å². The van der Waals surface area contributed by atoms with Crippen molar-refractivity contribution < 1.29 is 13.6 Å². The van der Waals surface area contributed by atoms with Crippen LogP contribution in [0.1, 0.15) is 0 Å². The predicted octanol–water partition coefficient (Wildman–Crippen LogP) is 1.16. The van der Waals surface area contributed by atoms with Crippen LogP contribution in [0.15, 0.2) is 12.5 Å². The van der Waals surface area contributed by atoms with Gasteiger partial charge in [-0.1, -0.05) is 0 Å². The highest BCUT2D eigenvalue weighted by molar-refractivity contribution is 7.35. The molecule has 0 radical (unpaired) electrons. The Balaban J connectivity index is 2.47. The third-order valence-corrected chi connectivity index (χ3v) is 1.06. The molecule has 1 fully saturated rings. The molecule has 6 heavy (non-hydrogen) atoms. The maximum atomic E-state index is 9.75. The first-order valence-electron chi connectivity index (χ1n) is 1.31. The molecule has 1 rings (SSSR count). The average Bonchev–Trinajstić information content (AvgIpc) is 1.33. The first kappa shape index (κ1) is 3.62. The normalized spacial score (nSPS) is 18.0. The second-order valence-corrected chi connectivity index (χ2v) is 1.59. The molecule has 0 aromatic heterocycles. The fraction of sp³-hybridized carbons (Fsp3) is 0. The van der Waals surface area contributed by atoms with Crippen molar-refractivity contribution in [2.24, 2.45) is 0 Å². The van der Waals surface area contributed by atoms with Crippen molar-refractivity contribution in [1.29, 1.82) is 0 Å². The Bertz CT molecular complexity index is 85.4. The molecule has 32 valence electrons. The van der Waals surface area contributed by atoms with E-state index in [0.29, 0.717) is 0 Å². The van der Waals surface area contributed by atoms with Gasteiger partial charge in [-0.05, 0) is 6.58 Å². The predicted molar refractivity (Wildman–Crippen MR) is 18.9 cm³/mol. The van der Waals surface area contributed by atoms with Gasteiger partial charge < -0.3 is 0 Å². The largest absolute Gasteiger partial charge is 0.812 e. The highest BCUT2D eigenvalue weighted by Crippen LogP contribution is 2.41. The number of rotatable bonds is 0. The summed E-state index contributed by atoms with van der Waals surface area (Å²) < 4.78 is 18.2. The lowest BCUT2D eigenvalue weighted by molar-refractivity contribution is 0.130. The molecular formula is C2H2O3P+. The van der Waals surface area contributed by atoms with Crippen LogP contribution >= 0.6 is 8.25 Å². The highest BCUT2D eigenvalue weighted by atomic mass is 31.1. The highest BCUT2D eigenvalue weighted by Gasteiger charge is 2.40. The van der Waals surface area contributed by atoms with E-state index in [1.165, 1.54) is 0 Å². The smallest absolute Gasteiger partial charge is 0.177 e. The minimum absolute atomic E-state index is 0.149. The lowest BCUT2D eigenvalue weighted by Crippen LogP contribution is -1.94.